The van der Waals surface area contributed by atoms with E-state index >= 15 is 0 Å². The maximum atomic E-state index is 14.4. The second-order valence-corrected chi connectivity index (χ2v) is 17.2. The third kappa shape index (κ3) is 7.71. The molecule has 5 heteroatoms. The molecule has 0 aliphatic heterocycles. The van der Waals surface area contributed by atoms with E-state index in [2.05, 4.69) is 115 Å². The van der Waals surface area contributed by atoms with E-state index in [4.69, 9.17) is 0 Å². The molecule has 0 bridgehead atoms. The minimum Gasteiger partial charge on any atom is -0.349 e. The van der Waals surface area contributed by atoms with Crippen molar-refractivity contribution in [3.63, 3.8) is 0 Å². The molecule has 1 aliphatic rings. The summed E-state index contributed by atoms with van der Waals surface area (Å²) >= 11 is 0. The van der Waals surface area contributed by atoms with Crippen molar-refractivity contribution >= 4 is 59.4 Å². The molecule has 1 N–H and O–H groups in total. The van der Waals surface area contributed by atoms with Gasteiger partial charge in [0.05, 0.1) is 0 Å². The minimum atomic E-state index is -0.939. The molecule has 3 nitrogen and oxygen atoms in total. The molecule has 6 aromatic rings. The van der Waals surface area contributed by atoms with Crippen molar-refractivity contribution in [3.8, 4) is 0 Å². The average molecular weight is 690 g/mol. The van der Waals surface area contributed by atoms with Crippen LogP contribution in [0.1, 0.15) is 52.8 Å². The molecule has 1 aliphatic carbocycles. The molecule has 50 heavy (non-hydrogen) atoms. The van der Waals surface area contributed by atoms with Crippen molar-refractivity contribution < 1.29 is 9.59 Å². The molecule has 1 saturated carbocycles. The number of hydrogen-bond acceptors (Lipinski definition) is 2. The quantitative estimate of drug-likeness (QED) is 0.112. The minimum absolute atomic E-state index is 0.0543. The zero-order chi connectivity index (χ0) is 34.1. The van der Waals surface area contributed by atoms with E-state index in [0.29, 0.717) is 12.0 Å². The van der Waals surface area contributed by atoms with Crippen molar-refractivity contribution in [2.75, 3.05) is 0 Å². The van der Waals surface area contributed by atoms with Crippen LogP contribution in [0.3, 0.4) is 0 Å². The number of carbonyl (C=O) groups excluding carboxylic acids is 2. The highest BCUT2D eigenvalue weighted by atomic mass is 31.1. The van der Waals surface area contributed by atoms with Crippen LogP contribution in [0.2, 0.25) is 0 Å². The van der Waals surface area contributed by atoms with Crippen molar-refractivity contribution in [3.05, 3.63) is 181 Å². The van der Waals surface area contributed by atoms with E-state index in [1.165, 1.54) is 21.2 Å². The second-order valence-electron chi connectivity index (χ2n) is 12.8. The first-order valence-corrected chi connectivity index (χ1v) is 20.2. The van der Waals surface area contributed by atoms with Gasteiger partial charge in [-0.3, -0.25) is 9.59 Å². The van der Waals surface area contributed by atoms with Crippen LogP contribution >= 0.6 is 15.8 Å². The van der Waals surface area contributed by atoms with E-state index in [-0.39, 0.29) is 23.7 Å². The fourth-order valence-corrected chi connectivity index (χ4v) is 12.1. The predicted octanol–water partition coefficient (Wildman–Crippen LogP) is 7.76. The van der Waals surface area contributed by atoms with Crippen LogP contribution in [0.25, 0.3) is 0 Å². The highest BCUT2D eigenvalue weighted by Gasteiger charge is 2.32. The Morgan fingerprint density at radius 3 is 1.34 bits per heavy atom. The van der Waals surface area contributed by atoms with Gasteiger partial charge in [0, 0.05) is 23.6 Å². The smallest absolute Gasteiger partial charge is 0.252 e. The zero-order valence-corrected chi connectivity index (χ0v) is 29.9. The lowest BCUT2D eigenvalue weighted by Crippen LogP contribution is -2.44. The topological polar surface area (TPSA) is 46.2 Å². The van der Waals surface area contributed by atoms with Gasteiger partial charge < -0.3 is 5.32 Å². The molecule has 248 valence electrons. The van der Waals surface area contributed by atoms with Crippen LogP contribution in [0, 0.1) is 5.92 Å². The molecule has 1 fully saturated rings. The molecule has 2 atom stereocenters. The van der Waals surface area contributed by atoms with Crippen LogP contribution in [0.4, 0.5) is 0 Å². The number of ketones is 1. The Bertz CT molecular complexity index is 1790. The van der Waals surface area contributed by atoms with Gasteiger partial charge in [-0.1, -0.05) is 177 Å². The normalized spacial score (nSPS) is 15.9. The summed E-state index contributed by atoms with van der Waals surface area (Å²) in [4.78, 5) is 28.6. The van der Waals surface area contributed by atoms with Gasteiger partial charge in [0.15, 0.2) is 5.78 Å². The lowest BCUT2D eigenvalue weighted by Gasteiger charge is -2.33. The summed E-state index contributed by atoms with van der Waals surface area (Å²) in [7, 11) is -1.85. The SMILES string of the molecule is O=C(C[C@@H]1CCCC[C@@H]1NC(=O)c1ccccc1P(c1ccccc1)c1ccccc1)c1ccccc1P(c1ccccc1)c1ccccc1. The summed E-state index contributed by atoms with van der Waals surface area (Å²) in [6.45, 7) is 0. The molecule has 0 aromatic heterocycles. The maximum Gasteiger partial charge on any atom is 0.252 e. The van der Waals surface area contributed by atoms with Crippen molar-refractivity contribution in [1.82, 2.24) is 5.32 Å². The molecule has 0 spiro atoms. The van der Waals surface area contributed by atoms with Crippen LogP contribution in [0.15, 0.2) is 170 Å². The lowest BCUT2D eigenvalue weighted by atomic mass is 9.80. The van der Waals surface area contributed by atoms with E-state index in [1.54, 1.807) is 0 Å². The third-order valence-corrected chi connectivity index (χ3v) is 14.6. The first-order chi connectivity index (χ1) is 24.7. The fourth-order valence-electron chi connectivity index (χ4n) is 7.16. The Hall–Kier alpha value is -4.68. The highest BCUT2D eigenvalue weighted by molar-refractivity contribution is 7.80. The van der Waals surface area contributed by atoms with E-state index in [0.717, 1.165) is 41.9 Å². The maximum absolute atomic E-state index is 14.4. The number of rotatable bonds is 11. The first-order valence-electron chi connectivity index (χ1n) is 17.5. The molecule has 0 unspecified atom stereocenters. The van der Waals surface area contributed by atoms with Crippen LogP contribution in [-0.4, -0.2) is 17.7 Å². The van der Waals surface area contributed by atoms with Crippen molar-refractivity contribution in [1.29, 1.82) is 0 Å². The zero-order valence-electron chi connectivity index (χ0n) is 28.1. The standard InChI is InChI=1S/C45H41NO2P2/c47-42(39-28-14-17-31-43(39)49(35-20-5-1-6-21-35)36-22-7-2-8-23-36)33-34-19-13-16-30-41(34)46-45(48)40-29-15-18-32-44(40)50(37-24-9-3-10-25-37)38-26-11-4-12-27-38/h1-12,14-15,17-18,20-29,31-32,34,41H,13,16,19,30,33H2,(H,46,48)/t34-,41-/m0/s1. The molecule has 0 saturated heterocycles. The van der Waals surface area contributed by atoms with Gasteiger partial charge in [-0.25, -0.2) is 0 Å². The van der Waals surface area contributed by atoms with Gasteiger partial charge in [0.1, 0.15) is 0 Å². The molecule has 0 radical (unpaired) electrons. The summed E-state index contributed by atoms with van der Waals surface area (Å²) in [6.07, 6.45) is 4.32. The lowest BCUT2D eigenvalue weighted by molar-refractivity contribution is 0.0861. The van der Waals surface area contributed by atoms with Gasteiger partial charge in [0.2, 0.25) is 0 Å². The third-order valence-electron chi connectivity index (χ3n) is 9.57. The largest absolute Gasteiger partial charge is 0.349 e. The van der Waals surface area contributed by atoms with Gasteiger partial charge in [0.25, 0.3) is 5.91 Å². The van der Waals surface area contributed by atoms with Crippen LogP contribution in [0.5, 0.6) is 0 Å². The Morgan fingerprint density at radius 1 is 0.480 bits per heavy atom. The number of Topliss-reactive ketones (excluding diaryl/α,β-unsaturated/α-hetero) is 1. The Labute approximate surface area is 298 Å². The Balaban J connectivity index is 1.15. The highest BCUT2D eigenvalue weighted by Crippen LogP contribution is 2.37. The molecule has 0 heterocycles. The molecule has 1 amide bonds. The van der Waals surface area contributed by atoms with Crippen molar-refractivity contribution in [2.45, 2.75) is 38.1 Å². The predicted molar refractivity (Wildman–Crippen MR) is 212 cm³/mol. The number of nitrogens with one attached hydrogen (secondary N) is 1. The Kier molecular flexibility index (Phi) is 11.1. The van der Waals surface area contributed by atoms with E-state index in [9.17, 15) is 9.59 Å². The number of benzene rings is 6. The van der Waals surface area contributed by atoms with Crippen LogP contribution < -0.4 is 37.1 Å². The fraction of sp³-hybridized carbons (Fsp3) is 0.156. The van der Waals surface area contributed by atoms with Gasteiger partial charge in [-0.05, 0) is 72.5 Å². The molecular weight excluding hydrogens is 648 g/mol. The van der Waals surface area contributed by atoms with Crippen LogP contribution in [-0.2, 0) is 0 Å². The monoisotopic (exact) mass is 689 g/mol. The first kappa shape index (κ1) is 33.8. The average Bonchev–Trinajstić information content (AvgIpc) is 3.18. The number of hydrogen-bond donors (Lipinski definition) is 1. The molecular formula is C45H41NO2P2. The Morgan fingerprint density at radius 2 is 0.860 bits per heavy atom. The summed E-state index contributed by atoms with van der Waals surface area (Å²) in [5.41, 5.74) is 1.51. The second kappa shape index (κ2) is 16.4. The molecule has 6 aromatic carbocycles. The summed E-state index contributed by atoms with van der Waals surface area (Å²) < 4.78 is 0. The number of amides is 1. The van der Waals surface area contributed by atoms with Gasteiger partial charge >= 0.3 is 0 Å². The van der Waals surface area contributed by atoms with Gasteiger partial charge in [-0.15, -0.1) is 0 Å². The summed E-state index contributed by atoms with van der Waals surface area (Å²) in [5, 5.41) is 10.5. The summed E-state index contributed by atoms with van der Waals surface area (Å²) in [6, 6.07) is 58.2. The van der Waals surface area contributed by atoms with Crippen molar-refractivity contribution in [2.24, 2.45) is 5.92 Å². The molecule has 7 rings (SSSR count). The van der Waals surface area contributed by atoms with Gasteiger partial charge in [-0.2, -0.15) is 0 Å². The summed E-state index contributed by atoms with van der Waals surface area (Å²) in [5.74, 6) is 0.175. The van der Waals surface area contributed by atoms with E-state index in [1.807, 2.05) is 60.7 Å². The van der Waals surface area contributed by atoms with E-state index < -0.39 is 15.8 Å². The number of carbonyl (C=O) groups is 2.